The van der Waals surface area contributed by atoms with Crippen LogP contribution in [-0.2, 0) is 16.4 Å². The number of aromatic nitrogens is 5. The lowest BCUT2D eigenvalue weighted by Crippen LogP contribution is -2.27. The van der Waals surface area contributed by atoms with Crippen molar-refractivity contribution in [1.29, 1.82) is 0 Å². The molecule has 0 aliphatic carbocycles. The lowest BCUT2D eigenvalue weighted by molar-refractivity contribution is 0.351. The van der Waals surface area contributed by atoms with Crippen LogP contribution < -0.4 is 10.6 Å². The molecule has 0 unspecified atom stereocenters. The van der Waals surface area contributed by atoms with Crippen LogP contribution in [0.1, 0.15) is 12.0 Å². The zero-order valence-corrected chi connectivity index (χ0v) is 22.9. The summed E-state index contributed by atoms with van der Waals surface area (Å²) < 4.78 is 24.7. The van der Waals surface area contributed by atoms with Crippen molar-refractivity contribution in [3.8, 4) is 0 Å². The number of benzene rings is 2. The molecule has 0 amide bonds. The molecule has 0 bridgehead atoms. The van der Waals surface area contributed by atoms with Crippen molar-refractivity contribution >= 4 is 49.0 Å². The maximum Gasteiger partial charge on any atom is 0.148 e. The van der Waals surface area contributed by atoms with E-state index in [1.807, 2.05) is 53.2 Å². The summed E-state index contributed by atoms with van der Waals surface area (Å²) in [6.45, 7) is 2.74. The third-order valence-corrected chi connectivity index (χ3v) is 7.39. The molecule has 0 atom stereocenters. The van der Waals surface area contributed by atoms with Crippen LogP contribution in [0.15, 0.2) is 73.3 Å². The second-order valence-electron chi connectivity index (χ2n) is 9.71. The van der Waals surface area contributed by atoms with Gasteiger partial charge >= 0.3 is 0 Å². The molecule has 0 spiro atoms. The second-order valence-corrected chi connectivity index (χ2v) is 12.0. The van der Waals surface area contributed by atoms with Gasteiger partial charge in [-0.05, 0) is 49.8 Å². The van der Waals surface area contributed by atoms with E-state index in [-0.39, 0.29) is 5.75 Å². The van der Waals surface area contributed by atoms with Crippen LogP contribution in [0.4, 0.5) is 17.3 Å². The van der Waals surface area contributed by atoms with Gasteiger partial charge in [-0.3, -0.25) is 4.68 Å². The normalized spacial score (nSPS) is 11.9. The molecule has 2 aromatic carbocycles. The van der Waals surface area contributed by atoms with E-state index in [0.29, 0.717) is 25.5 Å². The smallest absolute Gasteiger partial charge is 0.148 e. The van der Waals surface area contributed by atoms with Crippen LogP contribution in [0.25, 0.3) is 21.8 Å². The zero-order valence-electron chi connectivity index (χ0n) is 22.1. The summed E-state index contributed by atoms with van der Waals surface area (Å²) in [5.41, 5.74) is 3.92. The summed E-state index contributed by atoms with van der Waals surface area (Å²) in [4.78, 5) is 15.4. The average molecular weight is 545 g/mol. The zero-order chi connectivity index (χ0) is 27.2. The molecule has 2 N–H and O–H groups in total. The van der Waals surface area contributed by atoms with Gasteiger partial charge in [0.05, 0.1) is 35.7 Å². The number of pyridine rings is 1. The molecule has 10 nitrogen and oxygen atoms in total. The van der Waals surface area contributed by atoms with Gasteiger partial charge in [0.2, 0.25) is 0 Å². The van der Waals surface area contributed by atoms with Crippen molar-refractivity contribution in [2.24, 2.45) is 0 Å². The highest BCUT2D eigenvalue weighted by atomic mass is 32.2. The molecular weight excluding hydrogens is 512 g/mol. The molecule has 0 saturated carbocycles. The highest BCUT2D eigenvalue weighted by Gasteiger charge is 2.10. The van der Waals surface area contributed by atoms with Crippen molar-refractivity contribution in [3.05, 3.63) is 78.9 Å². The summed E-state index contributed by atoms with van der Waals surface area (Å²) in [5, 5.41) is 13.3. The van der Waals surface area contributed by atoms with E-state index in [9.17, 15) is 8.42 Å². The van der Waals surface area contributed by atoms with Crippen molar-refractivity contribution in [2.45, 2.75) is 13.0 Å². The Bertz CT molecular complexity index is 1670. The van der Waals surface area contributed by atoms with Gasteiger partial charge in [-0.2, -0.15) is 5.10 Å². The van der Waals surface area contributed by atoms with Crippen LogP contribution in [0.5, 0.6) is 0 Å². The molecule has 3 aromatic heterocycles. The molecule has 39 heavy (non-hydrogen) atoms. The van der Waals surface area contributed by atoms with Gasteiger partial charge in [0.15, 0.2) is 0 Å². The van der Waals surface area contributed by atoms with Crippen LogP contribution in [0.2, 0.25) is 0 Å². The van der Waals surface area contributed by atoms with E-state index in [1.54, 1.807) is 6.20 Å². The topological polar surface area (TPSA) is 118 Å². The monoisotopic (exact) mass is 544 g/mol. The molecule has 0 aliphatic rings. The van der Waals surface area contributed by atoms with Crippen molar-refractivity contribution in [3.63, 3.8) is 0 Å². The quantitative estimate of drug-likeness (QED) is 0.225. The first-order valence-corrected chi connectivity index (χ1v) is 14.9. The molecule has 5 rings (SSSR count). The number of fused-ring (bicyclic) bond motifs is 2. The Hall–Kier alpha value is -4.09. The summed E-state index contributed by atoms with van der Waals surface area (Å²) in [6.07, 6.45) is 7.27. The van der Waals surface area contributed by atoms with Gasteiger partial charge in [-0.1, -0.05) is 30.3 Å². The Morgan fingerprint density at radius 1 is 0.974 bits per heavy atom. The molecule has 0 fully saturated rings. The average Bonchev–Trinajstić information content (AvgIpc) is 3.32. The Morgan fingerprint density at radius 2 is 1.82 bits per heavy atom. The van der Waals surface area contributed by atoms with Gasteiger partial charge in [0.1, 0.15) is 27.8 Å². The molecule has 3 heterocycles. The number of rotatable bonds is 12. The Kier molecular flexibility index (Phi) is 7.99. The molecule has 0 radical (unpaired) electrons. The van der Waals surface area contributed by atoms with Crippen LogP contribution in [0, 0.1) is 0 Å². The van der Waals surface area contributed by atoms with Gasteiger partial charge in [-0.25, -0.2) is 23.4 Å². The number of sulfone groups is 1. The summed E-state index contributed by atoms with van der Waals surface area (Å²) >= 11 is 0. The first kappa shape index (κ1) is 26.5. The largest absolute Gasteiger partial charge is 0.370 e. The lowest BCUT2D eigenvalue weighted by atomic mass is 10.2. The number of nitrogens with one attached hydrogen (secondary N) is 2. The summed E-state index contributed by atoms with van der Waals surface area (Å²) in [7, 11) is -1.02. The van der Waals surface area contributed by atoms with Gasteiger partial charge < -0.3 is 15.5 Å². The number of hydrogen-bond donors (Lipinski definition) is 2. The molecule has 0 saturated heterocycles. The van der Waals surface area contributed by atoms with E-state index in [2.05, 4.69) is 54.9 Å². The fraction of sp³-hybridized carbons (Fsp3) is 0.286. The number of hydrogen-bond acceptors (Lipinski definition) is 9. The maximum absolute atomic E-state index is 11.4. The van der Waals surface area contributed by atoms with Gasteiger partial charge in [0, 0.05) is 35.8 Å². The van der Waals surface area contributed by atoms with Crippen molar-refractivity contribution in [2.75, 3.05) is 49.3 Å². The highest BCUT2D eigenvalue weighted by Crippen LogP contribution is 2.27. The molecule has 11 heteroatoms. The van der Waals surface area contributed by atoms with Crippen LogP contribution in [0.3, 0.4) is 0 Å². The minimum Gasteiger partial charge on any atom is -0.370 e. The fourth-order valence-electron chi connectivity index (χ4n) is 4.34. The maximum atomic E-state index is 11.4. The molecule has 202 valence electrons. The SMILES string of the molecule is CN(CCCNc1cc2c(Nc3ccc4c(cnn4Cc4ccccc4)c3)ncnc2cn1)CCS(C)(=O)=O. The van der Waals surface area contributed by atoms with E-state index in [4.69, 9.17) is 0 Å². The van der Waals surface area contributed by atoms with Gasteiger partial charge in [0.25, 0.3) is 0 Å². The Balaban J connectivity index is 1.24. The summed E-state index contributed by atoms with van der Waals surface area (Å²) in [5.74, 6) is 1.60. The Labute approximate surface area is 228 Å². The standard InChI is InChI=1S/C28H32N8O2S/c1-35(13-14-39(2,37)38)12-6-11-29-27-16-24-25(18-30-27)31-20-32-28(24)34-23-9-10-26-22(15-23)17-33-36(26)19-21-7-4-3-5-8-21/h3-5,7-10,15-18,20H,6,11-14,19H2,1-2H3,(H,29,30)(H,31,32,34). The van der Waals surface area contributed by atoms with Gasteiger partial charge in [-0.15, -0.1) is 0 Å². The van der Waals surface area contributed by atoms with Crippen molar-refractivity contribution < 1.29 is 8.42 Å². The van der Waals surface area contributed by atoms with E-state index >= 15 is 0 Å². The summed E-state index contributed by atoms with van der Waals surface area (Å²) in [6, 6.07) is 18.4. The Morgan fingerprint density at radius 3 is 2.64 bits per heavy atom. The first-order valence-electron chi connectivity index (χ1n) is 12.8. The van der Waals surface area contributed by atoms with E-state index in [0.717, 1.165) is 46.3 Å². The molecular formula is C28H32N8O2S. The predicted octanol–water partition coefficient (Wildman–Crippen LogP) is 3.94. The molecule has 0 aliphatic heterocycles. The minimum absolute atomic E-state index is 0.169. The first-order chi connectivity index (χ1) is 18.8. The van der Waals surface area contributed by atoms with Crippen LogP contribution >= 0.6 is 0 Å². The van der Waals surface area contributed by atoms with E-state index < -0.39 is 9.84 Å². The van der Waals surface area contributed by atoms with Crippen molar-refractivity contribution in [1.82, 2.24) is 29.6 Å². The van der Waals surface area contributed by atoms with E-state index in [1.165, 1.54) is 18.1 Å². The minimum atomic E-state index is -2.95. The lowest BCUT2D eigenvalue weighted by Gasteiger charge is -2.16. The predicted molar refractivity (Wildman–Crippen MR) is 156 cm³/mol. The third kappa shape index (κ3) is 7.06. The second kappa shape index (κ2) is 11.7. The highest BCUT2D eigenvalue weighted by molar-refractivity contribution is 7.90. The third-order valence-electron chi connectivity index (χ3n) is 6.47. The number of nitrogens with zero attached hydrogens (tertiary/aromatic N) is 6. The number of anilines is 3. The fourth-order valence-corrected chi connectivity index (χ4v) is 4.98. The molecule has 5 aromatic rings. The van der Waals surface area contributed by atoms with Crippen LogP contribution in [-0.4, -0.2) is 76.7 Å².